The second kappa shape index (κ2) is 3.62. The molecule has 0 aliphatic heterocycles. The molecule has 0 radical (unpaired) electrons. The summed E-state index contributed by atoms with van der Waals surface area (Å²) in [5, 5.41) is 0. The molecule has 0 unspecified atom stereocenters. The van der Waals surface area contributed by atoms with E-state index in [4.69, 9.17) is 17.9 Å². The monoisotopic (exact) mass is 122 g/mol. The molecule has 0 rings (SSSR count). The van der Waals surface area contributed by atoms with E-state index in [1.165, 1.54) is 0 Å². The molecule has 0 spiro atoms. The van der Waals surface area contributed by atoms with Crippen LogP contribution in [0.3, 0.4) is 0 Å². The summed E-state index contributed by atoms with van der Waals surface area (Å²) in [5.74, 6) is 2.25. The Kier molecular flexibility index (Phi) is 3.07. The van der Waals surface area contributed by atoms with Gasteiger partial charge in [0, 0.05) is 5.70 Å². The molecular weight excluding hydrogens is 112 g/mol. The van der Waals surface area contributed by atoms with Gasteiger partial charge >= 0.3 is 0 Å². The van der Waals surface area contributed by atoms with E-state index in [0.29, 0.717) is 11.4 Å². The van der Waals surface area contributed by atoms with Crippen LogP contribution >= 0.6 is 0 Å². The summed E-state index contributed by atoms with van der Waals surface area (Å²) in [6.45, 7) is 1.82. The molecule has 0 aliphatic carbocycles. The molecule has 0 aromatic heterocycles. The highest BCUT2D eigenvalue weighted by Crippen LogP contribution is 1.88. The highest BCUT2D eigenvalue weighted by atomic mass is 14.6. The molecule has 0 atom stereocenters. The Morgan fingerprint density at radius 1 is 1.56 bits per heavy atom. The van der Waals surface area contributed by atoms with Crippen LogP contribution in [0.25, 0.3) is 0 Å². The third-order valence-electron chi connectivity index (χ3n) is 0.822. The number of terminal acetylenes is 1. The van der Waals surface area contributed by atoms with E-state index >= 15 is 0 Å². The van der Waals surface area contributed by atoms with E-state index in [2.05, 4.69) is 5.92 Å². The molecule has 0 aromatic carbocycles. The SMILES string of the molecule is C#C/C(N)=C\C(N)=C/C. The van der Waals surface area contributed by atoms with Gasteiger partial charge in [-0.25, -0.2) is 0 Å². The minimum Gasteiger partial charge on any atom is -0.399 e. The fourth-order valence-corrected chi connectivity index (χ4v) is 0.305. The number of hydrogen-bond donors (Lipinski definition) is 2. The van der Waals surface area contributed by atoms with Crippen LogP contribution in [0.5, 0.6) is 0 Å². The Morgan fingerprint density at radius 3 is 2.44 bits per heavy atom. The number of nitrogens with two attached hydrogens (primary N) is 2. The highest BCUT2D eigenvalue weighted by molar-refractivity contribution is 5.29. The molecule has 9 heavy (non-hydrogen) atoms. The average Bonchev–Trinajstić information content (AvgIpc) is 1.87. The van der Waals surface area contributed by atoms with E-state index in [1.807, 2.05) is 6.92 Å². The van der Waals surface area contributed by atoms with Gasteiger partial charge < -0.3 is 11.5 Å². The topological polar surface area (TPSA) is 52.0 Å². The minimum absolute atomic E-state index is 0.352. The van der Waals surface area contributed by atoms with Crippen molar-refractivity contribution in [2.45, 2.75) is 6.92 Å². The zero-order valence-electron chi connectivity index (χ0n) is 5.39. The Morgan fingerprint density at radius 2 is 2.11 bits per heavy atom. The fourth-order valence-electron chi connectivity index (χ4n) is 0.305. The molecule has 0 saturated carbocycles. The average molecular weight is 122 g/mol. The summed E-state index contributed by atoms with van der Waals surface area (Å²) < 4.78 is 0. The predicted octanol–water partition coefficient (Wildman–Crippen LogP) is 0.325. The first-order chi connectivity index (χ1) is 4.20. The zero-order chi connectivity index (χ0) is 7.28. The van der Waals surface area contributed by atoms with Gasteiger partial charge in [0.05, 0.1) is 5.70 Å². The van der Waals surface area contributed by atoms with Crippen LogP contribution in [-0.4, -0.2) is 0 Å². The van der Waals surface area contributed by atoms with Gasteiger partial charge in [-0.3, -0.25) is 0 Å². The van der Waals surface area contributed by atoms with Crippen LogP contribution in [0.2, 0.25) is 0 Å². The van der Waals surface area contributed by atoms with Crippen LogP contribution in [0.1, 0.15) is 6.92 Å². The van der Waals surface area contributed by atoms with E-state index in [-0.39, 0.29) is 0 Å². The van der Waals surface area contributed by atoms with Crippen LogP contribution in [0.4, 0.5) is 0 Å². The van der Waals surface area contributed by atoms with Gasteiger partial charge in [-0.1, -0.05) is 12.0 Å². The standard InChI is InChI=1S/C7H10N2/c1-3-6(8)5-7(9)4-2/h1,4-5H,8-9H2,2H3/b6-5+,7-4+. The van der Waals surface area contributed by atoms with Gasteiger partial charge in [-0.05, 0) is 13.0 Å². The first kappa shape index (κ1) is 7.64. The summed E-state index contributed by atoms with van der Waals surface area (Å²) in [7, 11) is 0. The largest absolute Gasteiger partial charge is 0.399 e. The molecule has 2 nitrogen and oxygen atoms in total. The molecule has 48 valence electrons. The van der Waals surface area contributed by atoms with Gasteiger partial charge in [-0.15, -0.1) is 6.42 Å². The normalized spacial score (nSPS) is 12.9. The van der Waals surface area contributed by atoms with Crippen molar-refractivity contribution in [2.24, 2.45) is 11.5 Å². The second-order valence-electron chi connectivity index (χ2n) is 1.53. The molecule has 0 fully saturated rings. The third-order valence-corrected chi connectivity index (χ3v) is 0.822. The van der Waals surface area contributed by atoms with Crippen LogP contribution in [0, 0.1) is 12.3 Å². The van der Waals surface area contributed by atoms with Crippen molar-refractivity contribution >= 4 is 0 Å². The van der Waals surface area contributed by atoms with E-state index < -0.39 is 0 Å². The van der Waals surface area contributed by atoms with Gasteiger partial charge in [0.15, 0.2) is 0 Å². The predicted molar refractivity (Wildman–Crippen MR) is 39.0 cm³/mol. The summed E-state index contributed by atoms with van der Waals surface area (Å²) in [4.78, 5) is 0. The van der Waals surface area contributed by atoms with Gasteiger partial charge in [0.1, 0.15) is 0 Å². The maximum atomic E-state index is 5.36. The highest BCUT2D eigenvalue weighted by Gasteiger charge is 1.81. The molecule has 4 N–H and O–H groups in total. The van der Waals surface area contributed by atoms with Crippen molar-refractivity contribution < 1.29 is 0 Å². The fraction of sp³-hybridized carbons (Fsp3) is 0.143. The molecule has 0 aliphatic rings. The molecule has 0 saturated heterocycles. The molecule has 0 aromatic rings. The van der Waals surface area contributed by atoms with Crippen LogP contribution in [-0.2, 0) is 0 Å². The number of rotatable bonds is 1. The Balaban J connectivity index is 4.17. The molecular formula is C7H10N2. The van der Waals surface area contributed by atoms with Crippen LogP contribution in [0.15, 0.2) is 23.5 Å². The molecule has 0 bridgehead atoms. The maximum Gasteiger partial charge on any atom is 0.0845 e. The van der Waals surface area contributed by atoms with Gasteiger partial charge in [0.2, 0.25) is 0 Å². The van der Waals surface area contributed by atoms with E-state index in [0.717, 1.165) is 0 Å². The first-order valence-electron chi connectivity index (χ1n) is 2.56. The van der Waals surface area contributed by atoms with E-state index in [1.54, 1.807) is 12.2 Å². The Labute approximate surface area is 55.2 Å². The smallest absolute Gasteiger partial charge is 0.0845 e. The zero-order valence-corrected chi connectivity index (χ0v) is 5.39. The van der Waals surface area contributed by atoms with E-state index in [9.17, 15) is 0 Å². The quantitative estimate of drug-likeness (QED) is 0.389. The maximum absolute atomic E-state index is 5.36. The molecule has 2 heteroatoms. The lowest BCUT2D eigenvalue weighted by Crippen LogP contribution is -1.98. The summed E-state index contributed by atoms with van der Waals surface area (Å²) in [6.07, 6.45) is 8.22. The van der Waals surface area contributed by atoms with Crippen molar-refractivity contribution in [2.75, 3.05) is 0 Å². The number of hydrogen-bond acceptors (Lipinski definition) is 2. The Hall–Kier alpha value is -1.36. The summed E-state index contributed by atoms with van der Waals surface area (Å²) in [5.41, 5.74) is 11.6. The lowest BCUT2D eigenvalue weighted by atomic mass is 10.3. The van der Waals surface area contributed by atoms with Crippen molar-refractivity contribution in [3.05, 3.63) is 23.5 Å². The second-order valence-corrected chi connectivity index (χ2v) is 1.53. The third kappa shape index (κ3) is 3.24. The van der Waals surface area contributed by atoms with Crippen LogP contribution < -0.4 is 11.5 Å². The lowest BCUT2D eigenvalue weighted by Gasteiger charge is -1.89. The van der Waals surface area contributed by atoms with Gasteiger partial charge in [0.25, 0.3) is 0 Å². The molecule has 0 amide bonds. The first-order valence-corrected chi connectivity index (χ1v) is 2.56. The van der Waals surface area contributed by atoms with Crippen molar-refractivity contribution in [3.8, 4) is 12.3 Å². The molecule has 0 heterocycles. The number of allylic oxidation sites excluding steroid dienone is 3. The van der Waals surface area contributed by atoms with Gasteiger partial charge in [-0.2, -0.15) is 0 Å². The summed E-state index contributed by atoms with van der Waals surface area (Å²) in [6, 6.07) is 0. The van der Waals surface area contributed by atoms with Crippen molar-refractivity contribution in [1.82, 2.24) is 0 Å². The minimum atomic E-state index is 0.352. The Bertz CT molecular complexity index is 182. The summed E-state index contributed by atoms with van der Waals surface area (Å²) >= 11 is 0. The van der Waals surface area contributed by atoms with Crippen molar-refractivity contribution in [1.29, 1.82) is 0 Å². The lowest BCUT2D eigenvalue weighted by molar-refractivity contribution is 1.34. The van der Waals surface area contributed by atoms with Crippen molar-refractivity contribution in [3.63, 3.8) is 0 Å².